The van der Waals surface area contributed by atoms with Crippen molar-refractivity contribution in [2.75, 3.05) is 18.5 Å². The zero-order valence-electron chi connectivity index (χ0n) is 11.0. The molecule has 0 aliphatic carbocycles. The van der Waals surface area contributed by atoms with E-state index < -0.39 is 15.1 Å². The van der Waals surface area contributed by atoms with Crippen molar-refractivity contribution in [3.05, 3.63) is 36.9 Å². The Balaban J connectivity index is 2.25. The quantitative estimate of drug-likeness (QED) is 0.859. The number of rotatable bonds is 4. The van der Waals surface area contributed by atoms with E-state index in [1.807, 2.05) is 0 Å². The zero-order chi connectivity index (χ0) is 14.6. The maximum atomic E-state index is 12.5. The van der Waals surface area contributed by atoms with Crippen LogP contribution in [0.4, 0.5) is 5.69 Å². The molecule has 0 bridgehead atoms. The van der Waals surface area contributed by atoms with Crippen LogP contribution in [0.25, 0.3) is 0 Å². The standard InChI is InChI=1S/C14H17NO4S/c1-2-14(16)15-11-4-3-5-13(10-11)20(17,18)12-6-8-19-9-7-12/h2-5,10,12H,1,6-9H2,(H,15,16). The van der Waals surface area contributed by atoms with Gasteiger partial charge in [0.25, 0.3) is 0 Å². The fourth-order valence-corrected chi connectivity index (χ4v) is 3.88. The topological polar surface area (TPSA) is 72.5 Å². The lowest BCUT2D eigenvalue weighted by molar-refractivity contribution is -0.111. The Morgan fingerprint density at radius 1 is 1.35 bits per heavy atom. The molecular formula is C14H17NO4S. The molecule has 2 rings (SSSR count). The Morgan fingerprint density at radius 3 is 2.70 bits per heavy atom. The number of hydrogen-bond donors (Lipinski definition) is 1. The van der Waals surface area contributed by atoms with Gasteiger partial charge >= 0.3 is 0 Å². The van der Waals surface area contributed by atoms with E-state index in [0.717, 1.165) is 6.08 Å². The molecule has 5 nitrogen and oxygen atoms in total. The molecule has 1 aliphatic rings. The predicted octanol–water partition coefficient (Wildman–Crippen LogP) is 1.76. The van der Waals surface area contributed by atoms with Crippen LogP contribution in [0.3, 0.4) is 0 Å². The highest BCUT2D eigenvalue weighted by Gasteiger charge is 2.29. The Kier molecular flexibility index (Phi) is 4.57. The van der Waals surface area contributed by atoms with Gasteiger partial charge in [-0.25, -0.2) is 8.42 Å². The van der Waals surface area contributed by atoms with Crippen molar-refractivity contribution >= 4 is 21.4 Å². The van der Waals surface area contributed by atoms with Gasteiger partial charge in [0.05, 0.1) is 10.1 Å². The van der Waals surface area contributed by atoms with Gasteiger partial charge in [0.2, 0.25) is 5.91 Å². The minimum atomic E-state index is -3.38. The van der Waals surface area contributed by atoms with Gasteiger partial charge < -0.3 is 10.1 Å². The number of anilines is 1. The van der Waals surface area contributed by atoms with Gasteiger partial charge in [-0.15, -0.1) is 0 Å². The number of carbonyl (C=O) groups excluding carboxylic acids is 1. The fraction of sp³-hybridized carbons (Fsp3) is 0.357. The lowest BCUT2D eigenvalue weighted by Gasteiger charge is -2.22. The summed E-state index contributed by atoms with van der Waals surface area (Å²) in [6.45, 7) is 4.30. The number of hydrogen-bond acceptors (Lipinski definition) is 4. The monoisotopic (exact) mass is 295 g/mol. The second kappa shape index (κ2) is 6.19. The Labute approximate surface area is 118 Å². The van der Waals surface area contributed by atoms with Crippen LogP contribution in [0.15, 0.2) is 41.8 Å². The van der Waals surface area contributed by atoms with E-state index in [4.69, 9.17) is 4.74 Å². The number of sulfone groups is 1. The first kappa shape index (κ1) is 14.7. The van der Waals surface area contributed by atoms with Crippen LogP contribution in [0.1, 0.15) is 12.8 Å². The number of nitrogens with one attached hydrogen (secondary N) is 1. The summed E-state index contributed by atoms with van der Waals surface area (Å²) in [5, 5.41) is 2.15. The molecule has 0 atom stereocenters. The molecule has 1 saturated heterocycles. The molecule has 1 heterocycles. The van der Waals surface area contributed by atoms with E-state index >= 15 is 0 Å². The third-order valence-corrected chi connectivity index (χ3v) is 5.48. The minimum Gasteiger partial charge on any atom is -0.381 e. The van der Waals surface area contributed by atoms with Crippen molar-refractivity contribution < 1.29 is 17.9 Å². The third-order valence-electron chi connectivity index (χ3n) is 3.22. The third kappa shape index (κ3) is 3.26. The van der Waals surface area contributed by atoms with Crippen molar-refractivity contribution in [1.29, 1.82) is 0 Å². The first-order valence-electron chi connectivity index (χ1n) is 6.39. The summed E-state index contributed by atoms with van der Waals surface area (Å²) >= 11 is 0. The van der Waals surface area contributed by atoms with Crippen LogP contribution >= 0.6 is 0 Å². The van der Waals surface area contributed by atoms with Crippen LogP contribution in [0, 0.1) is 0 Å². The largest absolute Gasteiger partial charge is 0.381 e. The first-order valence-corrected chi connectivity index (χ1v) is 7.94. The van der Waals surface area contributed by atoms with E-state index in [0.29, 0.717) is 31.7 Å². The van der Waals surface area contributed by atoms with Gasteiger partial charge in [-0.3, -0.25) is 4.79 Å². The molecule has 0 saturated carbocycles. The molecule has 1 fully saturated rings. The Bertz CT molecular complexity index is 603. The Morgan fingerprint density at radius 2 is 2.05 bits per heavy atom. The number of amides is 1. The van der Waals surface area contributed by atoms with E-state index in [9.17, 15) is 13.2 Å². The van der Waals surface area contributed by atoms with Gasteiger partial charge in [0.1, 0.15) is 0 Å². The average molecular weight is 295 g/mol. The molecule has 6 heteroatoms. The van der Waals surface area contributed by atoms with Crippen molar-refractivity contribution in [2.45, 2.75) is 23.0 Å². The summed E-state index contributed by atoms with van der Waals surface area (Å²) in [4.78, 5) is 11.5. The Hall–Kier alpha value is -1.66. The van der Waals surface area contributed by atoms with Gasteiger partial charge in [-0.1, -0.05) is 12.6 Å². The smallest absolute Gasteiger partial charge is 0.247 e. The van der Waals surface area contributed by atoms with Gasteiger partial charge in [0, 0.05) is 18.9 Å². The molecule has 0 unspecified atom stereocenters. The second-order valence-electron chi connectivity index (χ2n) is 4.58. The van der Waals surface area contributed by atoms with Crippen LogP contribution in [0.5, 0.6) is 0 Å². The van der Waals surface area contributed by atoms with Gasteiger partial charge in [-0.05, 0) is 37.1 Å². The highest BCUT2D eigenvalue weighted by Crippen LogP contribution is 2.25. The van der Waals surface area contributed by atoms with Crippen molar-refractivity contribution in [1.82, 2.24) is 0 Å². The number of ether oxygens (including phenoxy) is 1. The summed E-state index contributed by atoms with van der Waals surface area (Å²) < 4.78 is 30.2. The summed E-state index contributed by atoms with van der Waals surface area (Å²) in [6.07, 6.45) is 2.15. The molecule has 1 amide bonds. The fourth-order valence-electron chi connectivity index (χ4n) is 2.12. The minimum absolute atomic E-state index is 0.228. The van der Waals surface area contributed by atoms with E-state index in [2.05, 4.69) is 11.9 Å². The highest BCUT2D eigenvalue weighted by molar-refractivity contribution is 7.92. The molecule has 0 radical (unpaired) electrons. The lowest BCUT2D eigenvalue weighted by atomic mass is 10.2. The number of benzene rings is 1. The van der Waals surface area contributed by atoms with E-state index in [1.54, 1.807) is 18.2 Å². The van der Waals surface area contributed by atoms with Crippen molar-refractivity contribution in [2.24, 2.45) is 0 Å². The lowest BCUT2D eigenvalue weighted by Crippen LogP contribution is -2.29. The molecule has 20 heavy (non-hydrogen) atoms. The SMILES string of the molecule is C=CC(=O)Nc1cccc(S(=O)(=O)C2CCOCC2)c1. The van der Waals surface area contributed by atoms with Crippen LogP contribution in [-0.2, 0) is 19.4 Å². The van der Waals surface area contributed by atoms with Crippen LogP contribution in [0.2, 0.25) is 0 Å². The maximum absolute atomic E-state index is 12.5. The molecular weight excluding hydrogens is 278 g/mol. The highest BCUT2D eigenvalue weighted by atomic mass is 32.2. The summed E-state index contributed by atoms with van der Waals surface area (Å²) in [6, 6.07) is 6.29. The second-order valence-corrected chi connectivity index (χ2v) is 6.81. The van der Waals surface area contributed by atoms with E-state index in [-0.39, 0.29) is 10.8 Å². The van der Waals surface area contributed by atoms with Crippen molar-refractivity contribution in [3.8, 4) is 0 Å². The molecule has 1 aromatic rings. The first-order chi connectivity index (χ1) is 9.54. The maximum Gasteiger partial charge on any atom is 0.247 e. The van der Waals surface area contributed by atoms with Gasteiger partial charge in [0.15, 0.2) is 9.84 Å². The summed E-state index contributed by atoms with van der Waals surface area (Å²) in [7, 11) is -3.38. The zero-order valence-corrected chi connectivity index (χ0v) is 11.9. The molecule has 1 N–H and O–H groups in total. The van der Waals surface area contributed by atoms with Crippen molar-refractivity contribution in [3.63, 3.8) is 0 Å². The molecule has 1 aliphatic heterocycles. The summed E-state index contributed by atoms with van der Waals surface area (Å²) in [5.74, 6) is -0.370. The average Bonchev–Trinajstić information content (AvgIpc) is 2.48. The van der Waals surface area contributed by atoms with Crippen LogP contribution in [-0.4, -0.2) is 32.8 Å². The van der Waals surface area contributed by atoms with Gasteiger partial charge in [-0.2, -0.15) is 0 Å². The number of carbonyl (C=O) groups is 1. The normalized spacial score (nSPS) is 16.6. The van der Waals surface area contributed by atoms with Crippen LogP contribution < -0.4 is 5.32 Å². The summed E-state index contributed by atoms with van der Waals surface area (Å²) in [5.41, 5.74) is 0.447. The molecule has 0 aromatic heterocycles. The molecule has 1 aromatic carbocycles. The van der Waals surface area contributed by atoms with E-state index in [1.165, 1.54) is 6.07 Å². The predicted molar refractivity (Wildman–Crippen MR) is 76.3 cm³/mol. The molecule has 0 spiro atoms. The molecule has 108 valence electrons.